The summed E-state index contributed by atoms with van der Waals surface area (Å²) >= 11 is 0. The lowest BCUT2D eigenvalue weighted by molar-refractivity contribution is -0.120. The van der Waals surface area contributed by atoms with Crippen molar-refractivity contribution in [2.75, 3.05) is 11.9 Å². The topological polar surface area (TPSA) is 92.2 Å². The number of hydrogen-bond acceptors (Lipinski definition) is 5. The molecule has 0 aliphatic carbocycles. The molecule has 7 nitrogen and oxygen atoms in total. The molecule has 0 bridgehead atoms. The highest BCUT2D eigenvalue weighted by Crippen LogP contribution is 2.29. The minimum atomic E-state index is -0.0841. The van der Waals surface area contributed by atoms with Crippen LogP contribution >= 0.6 is 0 Å². The van der Waals surface area contributed by atoms with Crippen molar-refractivity contribution < 1.29 is 14.3 Å². The molecule has 7 heteroatoms. The van der Waals surface area contributed by atoms with Crippen LogP contribution in [0.2, 0.25) is 0 Å². The number of hydrogen-bond donors (Lipinski definition) is 2. The molecule has 1 aromatic carbocycles. The van der Waals surface area contributed by atoms with Crippen molar-refractivity contribution >= 4 is 17.5 Å². The minimum Gasteiger partial charge on any atom is -0.373 e. The molecule has 144 valence electrons. The summed E-state index contributed by atoms with van der Waals surface area (Å²) in [5.74, 6) is -0.0590. The first-order valence-electron chi connectivity index (χ1n) is 9.36. The highest BCUT2D eigenvalue weighted by atomic mass is 16.5. The van der Waals surface area contributed by atoms with Gasteiger partial charge >= 0.3 is 0 Å². The number of nitrogens with zero attached hydrogens (tertiary/aromatic N) is 2. The van der Waals surface area contributed by atoms with E-state index in [-0.39, 0.29) is 30.0 Å². The van der Waals surface area contributed by atoms with Crippen LogP contribution in [0.1, 0.15) is 51.2 Å². The quantitative estimate of drug-likeness (QED) is 0.803. The highest BCUT2D eigenvalue weighted by Gasteiger charge is 2.24. The Balaban J connectivity index is 1.55. The molecule has 0 aromatic heterocycles. The van der Waals surface area contributed by atoms with Crippen molar-refractivity contribution in [2.24, 2.45) is 10.2 Å². The van der Waals surface area contributed by atoms with Gasteiger partial charge in [-0.15, -0.1) is 0 Å². The Morgan fingerprint density at radius 1 is 1.33 bits per heavy atom. The van der Waals surface area contributed by atoms with Gasteiger partial charge in [0, 0.05) is 31.7 Å². The van der Waals surface area contributed by atoms with Gasteiger partial charge in [0.05, 0.1) is 18.3 Å². The number of nitrogens with one attached hydrogen (secondary N) is 2. The molecule has 3 rings (SSSR count). The molecule has 27 heavy (non-hydrogen) atoms. The molecule has 2 N–H and O–H groups in total. The molecule has 1 fully saturated rings. The summed E-state index contributed by atoms with van der Waals surface area (Å²) in [7, 11) is 0. The predicted octanol–water partition coefficient (Wildman–Crippen LogP) is 3.50. The Morgan fingerprint density at radius 2 is 2.19 bits per heavy atom. The number of amides is 2. The zero-order valence-corrected chi connectivity index (χ0v) is 15.8. The average Bonchev–Trinajstić information content (AvgIpc) is 3.05. The first-order valence-corrected chi connectivity index (χ1v) is 9.36. The van der Waals surface area contributed by atoms with Gasteiger partial charge in [0.15, 0.2) is 0 Å². The molecular formula is C20H26N4O3. The van der Waals surface area contributed by atoms with E-state index in [4.69, 9.17) is 4.74 Å². The van der Waals surface area contributed by atoms with E-state index in [2.05, 4.69) is 20.9 Å². The van der Waals surface area contributed by atoms with Crippen LogP contribution in [0, 0.1) is 0 Å². The third-order valence-electron chi connectivity index (χ3n) is 4.87. The van der Waals surface area contributed by atoms with Crippen molar-refractivity contribution in [1.82, 2.24) is 5.32 Å². The second-order valence-corrected chi connectivity index (χ2v) is 7.11. The first kappa shape index (κ1) is 19.2. The average molecular weight is 370 g/mol. The van der Waals surface area contributed by atoms with E-state index < -0.39 is 0 Å². The van der Waals surface area contributed by atoms with E-state index in [9.17, 15) is 9.59 Å². The van der Waals surface area contributed by atoms with Crippen LogP contribution in [0.5, 0.6) is 0 Å². The maximum absolute atomic E-state index is 12.3. The summed E-state index contributed by atoms with van der Waals surface area (Å²) in [6, 6.07) is 7.85. The van der Waals surface area contributed by atoms with Gasteiger partial charge in [0.1, 0.15) is 0 Å². The Hall–Kier alpha value is -2.54. The lowest BCUT2D eigenvalue weighted by atomic mass is 9.97. The summed E-state index contributed by atoms with van der Waals surface area (Å²) in [5.41, 5.74) is 2.85. The first-order chi connectivity index (χ1) is 13.0. The Kier molecular flexibility index (Phi) is 6.34. The van der Waals surface area contributed by atoms with Crippen LogP contribution < -0.4 is 10.6 Å². The Morgan fingerprint density at radius 3 is 2.93 bits per heavy atom. The van der Waals surface area contributed by atoms with E-state index in [1.165, 1.54) is 6.92 Å². The van der Waals surface area contributed by atoms with Crippen LogP contribution in [-0.2, 0) is 14.3 Å². The van der Waals surface area contributed by atoms with Gasteiger partial charge in [-0.3, -0.25) is 9.59 Å². The SMILES string of the molecule is CC(=O)N[C@H]1CCO[C@@H](c2cccc(NC(=O)CCC3N=NC=C3C)c2)C1. The van der Waals surface area contributed by atoms with Crippen LogP contribution in [0.25, 0.3) is 0 Å². The number of ether oxygens (including phenoxy) is 1. The van der Waals surface area contributed by atoms with Crippen molar-refractivity contribution in [3.8, 4) is 0 Å². The molecule has 1 aromatic rings. The van der Waals surface area contributed by atoms with Crippen LogP contribution in [-0.4, -0.2) is 30.5 Å². The minimum absolute atomic E-state index is 0.0171. The van der Waals surface area contributed by atoms with Crippen LogP contribution in [0.15, 0.2) is 46.3 Å². The molecule has 2 heterocycles. The zero-order chi connectivity index (χ0) is 19.2. The summed E-state index contributed by atoms with van der Waals surface area (Å²) in [6.07, 6.45) is 4.25. The predicted molar refractivity (Wildman–Crippen MR) is 102 cm³/mol. The van der Waals surface area contributed by atoms with Gasteiger partial charge < -0.3 is 15.4 Å². The van der Waals surface area contributed by atoms with E-state index >= 15 is 0 Å². The summed E-state index contributed by atoms with van der Waals surface area (Å²) < 4.78 is 5.87. The molecule has 1 unspecified atom stereocenters. The van der Waals surface area contributed by atoms with E-state index in [1.807, 2.05) is 31.2 Å². The number of rotatable bonds is 6. The maximum atomic E-state index is 12.3. The molecule has 2 aliphatic rings. The van der Waals surface area contributed by atoms with Crippen molar-refractivity contribution in [3.63, 3.8) is 0 Å². The number of carbonyl (C=O) groups is 2. The second-order valence-electron chi connectivity index (χ2n) is 7.11. The normalized spacial score (nSPS) is 24.4. The Bertz CT molecular complexity index is 759. The van der Waals surface area contributed by atoms with Crippen LogP contribution in [0.3, 0.4) is 0 Å². The third kappa shape index (κ3) is 5.47. The number of benzene rings is 1. The molecule has 0 saturated carbocycles. The Labute approximate surface area is 159 Å². The summed E-state index contributed by atoms with van der Waals surface area (Å²) in [4.78, 5) is 23.5. The van der Waals surface area contributed by atoms with Crippen LogP contribution in [0.4, 0.5) is 5.69 Å². The lowest BCUT2D eigenvalue weighted by Crippen LogP contribution is -2.38. The van der Waals surface area contributed by atoms with Gasteiger partial charge in [-0.1, -0.05) is 12.1 Å². The fourth-order valence-corrected chi connectivity index (χ4v) is 3.42. The van der Waals surface area contributed by atoms with Gasteiger partial charge in [-0.2, -0.15) is 10.2 Å². The fraction of sp³-hybridized carbons (Fsp3) is 0.500. The van der Waals surface area contributed by atoms with Gasteiger partial charge in [-0.25, -0.2) is 0 Å². The van der Waals surface area contributed by atoms with E-state index in [0.717, 1.165) is 29.7 Å². The standard InChI is InChI=1S/C20H26N4O3/c1-13-12-21-24-18(13)6-7-20(26)23-16-5-3-4-15(10-16)19-11-17(8-9-27-19)22-14(2)25/h3-5,10,12,17-19H,6-9,11H2,1-2H3,(H,22,25)(H,23,26)/t17-,18?,19+/m0/s1. The number of anilines is 1. The molecular weight excluding hydrogens is 344 g/mol. The summed E-state index contributed by atoms with van der Waals surface area (Å²) in [5, 5.41) is 13.9. The van der Waals surface area contributed by atoms with Crippen molar-refractivity contribution in [1.29, 1.82) is 0 Å². The molecule has 2 amide bonds. The molecule has 1 saturated heterocycles. The molecule has 3 atom stereocenters. The van der Waals surface area contributed by atoms with Crippen molar-refractivity contribution in [3.05, 3.63) is 41.6 Å². The highest BCUT2D eigenvalue weighted by molar-refractivity contribution is 5.90. The largest absolute Gasteiger partial charge is 0.373 e. The van der Waals surface area contributed by atoms with Gasteiger partial charge in [-0.05, 0) is 49.5 Å². The third-order valence-corrected chi connectivity index (χ3v) is 4.87. The van der Waals surface area contributed by atoms with Gasteiger partial charge in [0.25, 0.3) is 0 Å². The van der Waals surface area contributed by atoms with Gasteiger partial charge in [0.2, 0.25) is 11.8 Å². The molecule has 0 radical (unpaired) electrons. The monoisotopic (exact) mass is 370 g/mol. The van der Waals surface area contributed by atoms with Crippen molar-refractivity contribution in [2.45, 2.75) is 57.7 Å². The fourth-order valence-electron chi connectivity index (χ4n) is 3.42. The summed E-state index contributed by atoms with van der Waals surface area (Å²) in [6.45, 7) is 4.12. The number of azo groups is 1. The second kappa shape index (κ2) is 8.90. The lowest BCUT2D eigenvalue weighted by Gasteiger charge is -2.30. The maximum Gasteiger partial charge on any atom is 0.224 e. The molecule has 2 aliphatic heterocycles. The van der Waals surface area contributed by atoms with E-state index in [0.29, 0.717) is 19.4 Å². The smallest absolute Gasteiger partial charge is 0.224 e. The zero-order valence-electron chi connectivity index (χ0n) is 15.8. The van der Waals surface area contributed by atoms with E-state index in [1.54, 1.807) is 6.20 Å². The molecule has 0 spiro atoms. The number of carbonyl (C=O) groups excluding carboxylic acids is 2.